The number of hydrogen-bond donors (Lipinski definition) is 0. The molecule has 0 saturated carbocycles. The highest BCUT2D eigenvalue weighted by Gasteiger charge is 2.52. The summed E-state index contributed by atoms with van der Waals surface area (Å²) in [5, 5.41) is 0. The summed E-state index contributed by atoms with van der Waals surface area (Å²) in [6, 6.07) is 0.759. The average Bonchev–Trinajstić information content (AvgIpc) is 2.79. The molecule has 0 aromatic carbocycles. The third kappa shape index (κ3) is 1.06. The van der Waals surface area contributed by atoms with Crippen LogP contribution in [0.3, 0.4) is 0 Å². The van der Waals surface area contributed by atoms with E-state index in [1.54, 1.807) is 0 Å². The van der Waals surface area contributed by atoms with Gasteiger partial charge in [0.1, 0.15) is 0 Å². The predicted molar refractivity (Wildman–Crippen MR) is 58.5 cm³/mol. The molecule has 0 unspecified atom stereocenters. The zero-order valence-electron chi connectivity index (χ0n) is 9.47. The molecule has 4 nitrogen and oxygen atoms in total. The van der Waals surface area contributed by atoms with Gasteiger partial charge >= 0.3 is 0 Å². The molecule has 0 N–H and O–H groups in total. The second kappa shape index (κ2) is 2.94. The van der Waals surface area contributed by atoms with Crippen LogP contribution in [0.4, 0.5) is 0 Å². The molecule has 4 heteroatoms. The monoisotopic (exact) mass is 208 g/mol. The summed E-state index contributed by atoms with van der Waals surface area (Å²) >= 11 is 0. The van der Waals surface area contributed by atoms with Gasteiger partial charge < -0.3 is 0 Å². The van der Waals surface area contributed by atoms with Crippen LogP contribution >= 0.6 is 0 Å². The predicted octanol–water partition coefficient (Wildman–Crippen LogP) is -0.710. The highest BCUT2D eigenvalue weighted by atomic mass is 15.6. The fraction of sp³-hybridized carbons (Fsp3) is 1.00. The molecule has 3 atom stereocenters. The fourth-order valence-electron chi connectivity index (χ4n) is 4.08. The minimum atomic E-state index is 0.713. The highest BCUT2D eigenvalue weighted by Crippen LogP contribution is 2.35. The van der Waals surface area contributed by atoms with Gasteiger partial charge in [-0.25, -0.2) is 0 Å². The number of nitrogens with zero attached hydrogens (tertiary/aromatic N) is 4. The van der Waals surface area contributed by atoms with Crippen molar-refractivity contribution in [3.63, 3.8) is 0 Å². The van der Waals surface area contributed by atoms with Crippen molar-refractivity contribution >= 4 is 0 Å². The molecule has 0 aromatic rings. The molecule has 84 valence electrons. The summed E-state index contributed by atoms with van der Waals surface area (Å²) in [5.74, 6) is 0. The Hall–Kier alpha value is -0.160. The maximum atomic E-state index is 2.73. The van der Waals surface area contributed by atoms with Gasteiger partial charge in [0.05, 0.1) is 12.3 Å². The molecular formula is C11H20N4. The van der Waals surface area contributed by atoms with Gasteiger partial charge in [-0.1, -0.05) is 0 Å². The number of piperazine rings is 2. The van der Waals surface area contributed by atoms with E-state index in [4.69, 9.17) is 0 Å². The number of hydrogen-bond acceptors (Lipinski definition) is 4. The fourth-order valence-corrected chi connectivity index (χ4v) is 4.08. The maximum absolute atomic E-state index is 2.73. The summed E-state index contributed by atoms with van der Waals surface area (Å²) in [6.07, 6.45) is 1.43. The van der Waals surface area contributed by atoms with E-state index in [-0.39, 0.29) is 0 Å². The van der Waals surface area contributed by atoms with Crippen LogP contribution in [0.5, 0.6) is 0 Å². The first-order valence-electron chi connectivity index (χ1n) is 6.32. The van der Waals surface area contributed by atoms with E-state index in [2.05, 4.69) is 26.5 Å². The Morgan fingerprint density at radius 2 is 1.33 bits per heavy atom. The van der Waals surface area contributed by atoms with Gasteiger partial charge in [0.25, 0.3) is 0 Å². The van der Waals surface area contributed by atoms with E-state index in [1.807, 2.05) is 0 Å². The molecule has 4 saturated heterocycles. The summed E-state index contributed by atoms with van der Waals surface area (Å²) in [7, 11) is 0. The molecular weight excluding hydrogens is 188 g/mol. The van der Waals surface area contributed by atoms with E-state index in [0.717, 1.165) is 12.2 Å². The van der Waals surface area contributed by atoms with Gasteiger partial charge in [-0.05, 0) is 6.92 Å². The molecule has 0 spiro atoms. The van der Waals surface area contributed by atoms with Gasteiger partial charge in [-0.15, -0.1) is 0 Å². The molecule has 0 radical (unpaired) electrons. The summed E-state index contributed by atoms with van der Waals surface area (Å²) < 4.78 is 0. The van der Waals surface area contributed by atoms with Gasteiger partial charge in [-0.2, -0.15) is 0 Å². The van der Waals surface area contributed by atoms with Gasteiger partial charge in [0, 0.05) is 51.9 Å². The van der Waals surface area contributed by atoms with E-state index in [9.17, 15) is 0 Å². The van der Waals surface area contributed by atoms with Gasteiger partial charge in [0.2, 0.25) is 0 Å². The normalized spacial score (nSPS) is 47.4. The second-order valence-electron chi connectivity index (χ2n) is 5.48. The second-order valence-corrected chi connectivity index (χ2v) is 5.48. The lowest BCUT2D eigenvalue weighted by molar-refractivity contribution is -0.0936. The Balaban J connectivity index is 1.73. The highest BCUT2D eigenvalue weighted by molar-refractivity contribution is 5.04. The van der Waals surface area contributed by atoms with Crippen LogP contribution in [0.1, 0.15) is 6.92 Å². The van der Waals surface area contributed by atoms with Gasteiger partial charge in [-0.3, -0.25) is 19.6 Å². The van der Waals surface area contributed by atoms with Crippen molar-refractivity contribution in [3.8, 4) is 0 Å². The smallest absolute Gasteiger partial charge is 0.0925 e. The Morgan fingerprint density at radius 3 is 2.13 bits per heavy atom. The largest absolute Gasteiger partial charge is 0.283 e. The minimum absolute atomic E-state index is 0.713. The molecule has 4 rings (SSSR count). The van der Waals surface area contributed by atoms with Crippen LogP contribution in [0, 0.1) is 0 Å². The van der Waals surface area contributed by atoms with Crippen LogP contribution in [0.25, 0.3) is 0 Å². The molecule has 4 aliphatic heterocycles. The number of rotatable bonds is 0. The standard InChI is InChI=1S/C11H20N4/c1-9-8-14-5-4-12-2-3-13-6-7-15(9)11(13)10(12)14/h9-11H,2-8H2,1H3/t9-,10-,11+/m0/s1. The van der Waals surface area contributed by atoms with Crippen molar-refractivity contribution in [2.45, 2.75) is 25.3 Å². The Kier molecular flexibility index (Phi) is 1.75. The molecule has 0 aromatic heterocycles. The maximum Gasteiger partial charge on any atom is 0.0925 e. The molecule has 15 heavy (non-hydrogen) atoms. The minimum Gasteiger partial charge on any atom is -0.283 e. The quantitative estimate of drug-likeness (QED) is 0.521. The Morgan fingerprint density at radius 1 is 0.733 bits per heavy atom. The Labute approximate surface area is 91.4 Å². The average molecular weight is 208 g/mol. The lowest BCUT2D eigenvalue weighted by Gasteiger charge is -2.52. The zero-order valence-corrected chi connectivity index (χ0v) is 9.47. The van der Waals surface area contributed by atoms with Crippen LogP contribution in [-0.2, 0) is 0 Å². The van der Waals surface area contributed by atoms with E-state index < -0.39 is 0 Å². The summed E-state index contributed by atoms with van der Waals surface area (Å²) in [6.45, 7) is 11.5. The van der Waals surface area contributed by atoms with Crippen LogP contribution in [0.15, 0.2) is 0 Å². The first-order valence-corrected chi connectivity index (χ1v) is 6.32. The molecule has 0 aliphatic carbocycles. The van der Waals surface area contributed by atoms with E-state index in [0.29, 0.717) is 6.17 Å². The first-order chi connectivity index (χ1) is 7.34. The molecule has 4 heterocycles. The van der Waals surface area contributed by atoms with Crippen molar-refractivity contribution < 1.29 is 0 Å². The lowest BCUT2D eigenvalue weighted by Crippen LogP contribution is -2.68. The van der Waals surface area contributed by atoms with Crippen molar-refractivity contribution in [3.05, 3.63) is 0 Å². The SMILES string of the molecule is C[C@H]1CN2CCN3CCN4CCN1[C@@H]4[C@@H]32. The van der Waals surface area contributed by atoms with Crippen LogP contribution in [-0.4, -0.2) is 83.8 Å². The van der Waals surface area contributed by atoms with Crippen molar-refractivity contribution in [1.82, 2.24) is 19.6 Å². The van der Waals surface area contributed by atoms with Gasteiger partial charge in [0.15, 0.2) is 0 Å². The molecule has 0 bridgehead atoms. The van der Waals surface area contributed by atoms with Crippen molar-refractivity contribution in [2.24, 2.45) is 0 Å². The Bertz CT molecular complexity index is 282. The molecule has 0 amide bonds. The lowest BCUT2D eigenvalue weighted by atomic mass is 10.1. The summed E-state index contributed by atoms with van der Waals surface area (Å²) in [5.41, 5.74) is 0. The third-order valence-corrected chi connectivity index (χ3v) is 4.79. The van der Waals surface area contributed by atoms with E-state index in [1.165, 1.54) is 45.8 Å². The van der Waals surface area contributed by atoms with Crippen molar-refractivity contribution in [2.75, 3.05) is 45.8 Å². The first kappa shape index (κ1) is 8.93. The van der Waals surface area contributed by atoms with Crippen molar-refractivity contribution in [1.29, 1.82) is 0 Å². The molecule has 4 fully saturated rings. The van der Waals surface area contributed by atoms with E-state index >= 15 is 0 Å². The zero-order chi connectivity index (χ0) is 9.99. The summed E-state index contributed by atoms with van der Waals surface area (Å²) in [4.78, 5) is 10.8. The molecule has 4 aliphatic rings. The topological polar surface area (TPSA) is 13.0 Å². The third-order valence-electron chi connectivity index (χ3n) is 4.79. The van der Waals surface area contributed by atoms with Crippen LogP contribution < -0.4 is 0 Å². The van der Waals surface area contributed by atoms with Crippen LogP contribution in [0.2, 0.25) is 0 Å².